The maximum absolute atomic E-state index is 12.4. The van der Waals surface area contributed by atoms with Gasteiger partial charge >= 0.3 is 6.03 Å². The summed E-state index contributed by atoms with van der Waals surface area (Å²) in [4.78, 5) is 29.7. The minimum absolute atomic E-state index is 0.139. The first-order valence-corrected chi connectivity index (χ1v) is 10.3. The monoisotopic (exact) mass is 419 g/mol. The molecule has 2 aromatic heterocycles. The molecule has 152 valence electrons. The zero-order chi connectivity index (χ0) is 21.3. The van der Waals surface area contributed by atoms with E-state index < -0.39 is 0 Å². The average Bonchev–Trinajstić information content (AvgIpc) is 3.11. The fourth-order valence-electron chi connectivity index (χ4n) is 3.15. The van der Waals surface area contributed by atoms with E-state index in [0.717, 1.165) is 32.9 Å². The van der Waals surface area contributed by atoms with Crippen LogP contribution in [0.25, 0.3) is 15.5 Å². The van der Waals surface area contributed by atoms with Crippen molar-refractivity contribution in [3.05, 3.63) is 81.3 Å². The summed E-state index contributed by atoms with van der Waals surface area (Å²) in [5.41, 5.74) is 5.15. The van der Waals surface area contributed by atoms with Gasteiger partial charge in [0.15, 0.2) is 0 Å². The minimum Gasteiger partial charge on any atom is -0.332 e. The Morgan fingerprint density at radius 3 is 2.40 bits per heavy atom. The highest BCUT2D eigenvalue weighted by atomic mass is 32.1. The number of fused-ring (bicyclic) bond motifs is 1. The van der Waals surface area contributed by atoms with Gasteiger partial charge in [-0.2, -0.15) is 9.61 Å². The van der Waals surface area contributed by atoms with E-state index in [1.165, 1.54) is 21.9 Å². The van der Waals surface area contributed by atoms with E-state index in [4.69, 9.17) is 0 Å². The first-order chi connectivity index (χ1) is 14.4. The molecule has 0 radical (unpaired) electrons. The molecule has 8 heteroatoms. The molecular weight excluding hydrogens is 398 g/mol. The van der Waals surface area contributed by atoms with E-state index in [2.05, 4.69) is 20.7 Å². The van der Waals surface area contributed by atoms with E-state index in [1.54, 1.807) is 0 Å². The molecule has 0 saturated carbocycles. The van der Waals surface area contributed by atoms with Crippen molar-refractivity contribution in [3.63, 3.8) is 0 Å². The highest BCUT2D eigenvalue weighted by molar-refractivity contribution is 7.19. The van der Waals surface area contributed by atoms with E-state index >= 15 is 0 Å². The van der Waals surface area contributed by atoms with Crippen LogP contribution in [0.2, 0.25) is 0 Å². The molecule has 0 spiro atoms. The molecule has 2 N–H and O–H groups in total. The summed E-state index contributed by atoms with van der Waals surface area (Å²) in [6.07, 6.45) is 0. The van der Waals surface area contributed by atoms with Gasteiger partial charge in [0.25, 0.3) is 5.56 Å². The molecule has 0 bridgehead atoms. The minimum atomic E-state index is -0.355. The zero-order valence-corrected chi connectivity index (χ0v) is 17.7. The second-order valence-corrected chi connectivity index (χ2v) is 8.19. The molecule has 4 aromatic rings. The second-order valence-electron chi connectivity index (χ2n) is 7.24. The molecular formula is C22H21N5O2S. The van der Waals surface area contributed by atoms with Gasteiger partial charge in [0.1, 0.15) is 5.01 Å². The molecule has 0 unspecified atom stereocenters. The fourth-order valence-corrected chi connectivity index (χ4v) is 4.08. The maximum Gasteiger partial charge on any atom is 0.319 e. The molecule has 30 heavy (non-hydrogen) atoms. The molecule has 0 saturated heterocycles. The summed E-state index contributed by atoms with van der Waals surface area (Å²) in [7, 11) is 0. The molecule has 0 aliphatic carbocycles. The third-order valence-corrected chi connectivity index (χ3v) is 5.46. The van der Waals surface area contributed by atoms with Crippen LogP contribution in [0.5, 0.6) is 0 Å². The molecule has 7 nitrogen and oxygen atoms in total. The Labute approximate surface area is 177 Å². The third kappa shape index (κ3) is 4.38. The number of carbonyl (C=O) groups is 1. The van der Waals surface area contributed by atoms with E-state index in [-0.39, 0.29) is 18.1 Å². The first kappa shape index (κ1) is 19.8. The molecule has 2 heterocycles. The van der Waals surface area contributed by atoms with Crippen LogP contribution in [-0.4, -0.2) is 20.6 Å². The topological polar surface area (TPSA) is 88.4 Å². The van der Waals surface area contributed by atoms with Crippen LogP contribution < -0.4 is 16.2 Å². The van der Waals surface area contributed by atoms with Crippen molar-refractivity contribution in [2.75, 3.05) is 5.32 Å². The largest absolute Gasteiger partial charge is 0.332 e. The number of nitrogens with one attached hydrogen (secondary N) is 2. The van der Waals surface area contributed by atoms with Crippen LogP contribution in [0, 0.1) is 20.8 Å². The van der Waals surface area contributed by atoms with Crippen molar-refractivity contribution >= 4 is 28.0 Å². The van der Waals surface area contributed by atoms with Gasteiger partial charge < -0.3 is 10.6 Å². The number of nitrogens with zero attached hydrogens (tertiary/aromatic N) is 3. The van der Waals surface area contributed by atoms with Gasteiger partial charge in [0, 0.05) is 17.3 Å². The van der Waals surface area contributed by atoms with Crippen molar-refractivity contribution in [3.8, 4) is 10.6 Å². The number of carbonyl (C=O) groups excluding carboxylic acids is 1. The van der Waals surface area contributed by atoms with Gasteiger partial charge in [-0.15, -0.1) is 0 Å². The molecule has 2 aromatic carbocycles. The number of urea groups is 1. The Balaban J connectivity index is 1.49. The standard InChI is InChI=1S/C22H21N5O2S/c1-13-4-6-16(7-5-13)20-26-27-19(28)11-18(25-22(27)30-20)12-23-21(29)24-17-9-14(2)8-15(3)10-17/h4-11H,12H2,1-3H3,(H2,23,24,29). The number of anilines is 1. The van der Waals surface area contributed by atoms with Gasteiger partial charge in [-0.25, -0.2) is 9.78 Å². The molecule has 0 aliphatic rings. The van der Waals surface area contributed by atoms with Crippen LogP contribution in [-0.2, 0) is 6.54 Å². The molecule has 0 atom stereocenters. The lowest BCUT2D eigenvalue weighted by Crippen LogP contribution is -2.29. The lowest BCUT2D eigenvalue weighted by atomic mass is 10.1. The molecule has 0 aliphatic heterocycles. The average molecular weight is 420 g/mol. The van der Waals surface area contributed by atoms with E-state index in [0.29, 0.717) is 10.7 Å². The third-order valence-electron chi connectivity index (χ3n) is 4.51. The Morgan fingerprint density at radius 1 is 1.00 bits per heavy atom. The summed E-state index contributed by atoms with van der Waals surface area (Å²) in [5.74, 6) is 0. The van der Waals surface area contributed by atoms with Crippen molar-refractivity contribution in [2.24, 2.45) is 0 Å². The summed E-state index contributed by atoms with van der Waals surface area (Å²) in [5, 5.41) is 10.7. The molecule has 4 rings (SSSR count). The van der Waals surface area contributed by atoms with E-state index in [9.17, 15) is 9.59 Å². The highest BCUT2D eigenvalue weighted by Crippen LogP contribution is 2.24. The van der Waals surface area contributed by atoms with Gasteiger partial charge in [0.05, 0.1) is 12.2 Å². The predicted molar refractivity (Wildman–Crippen MR) is 119 cm³/mol. The van der Waals surface area contributed by atoms with Crippen molar-refractivity contribution in [2.45, 2.75) is 27.3 Å². The fraction of sp³-hybridized carbons (Fsp3) is 0.182. The van der Waals surface area contributed by atoms with Crippen LogP contribution in [0.15, 0.2) is 53.3 Å². The maximum atomic E-state index is 12.4. The van der Waals surface area contributed by atoms with Crippen LogP contribution in [0.4, 0.5) is 10.5 Å². The summed E-state index contributed by atoms with van der Waals surface area (Å²) < 4.78 is 1.29. The van der Waals surface area contributed by atoms with Crippen molar-refractivity contribution in [1.29, 1.82) is 0 Å². The molecule has 2 amide bonds. The van der Waals surface area contributed by atoms with Crippen molar-refractivity contribution < 1.29 is 4.79 Å². The number of hydrogen-bond donors (Lipinski definition) is 2. The van der Waals surface area contributed by atoms with Crippen LogP contribution >= 0.6 is 11.3 Å². The number of amides is 2. The lowest BCUT2D eigenvalue weighted by molar-refractivity contribution is 0.251. The first-order valence-electron chi connectivity index (χ1n) is 9.47. The van der Waals surface area contributed by atoms with Gasteiger partial charge in [-0.1, -0.05) is 47.2 Å². The SMILES string of the molecule is Cc1ccc(-c2nn3c(=O)cc(CNC(=O)Nc4cc(C)cc(C)c4)nc3s2)cc1. The zero-order valence-electron chi connectivity index (χ0n) is 16.9. The Morgan fingerprint density at radius 2 is 1.70 bits per heavy atom. The van der Waals surface area contributed by atoms with E-state index in [1.807, 2.05) is 63.2 Å². The number of rotatable bonds is 4. The van der Waals surface area contributed by atoms with Crippen molar-refractivity contribution in [1.82, 2.24) is 19.9 Å². The quantitative estimate of drug-likeness (QED) is 0.522. The Kier molecular flexibility index (Phi) is 5.33. The number of aryl methyl sites for hydroxylation is 3. The van der Waals surface area contributed by atoms with Gasteiger partial charge in [0.2, 0.25) is 4.96 Å². The summed E-state index contributed by atoms with van der Waals surface area (Å²) in [6.45, 7) is 6.11. The lowest BCUT2D eigenvalue weighted by Gasteiger charge is -2.09. The predicted octanol–water partition coefficient (Wildman–Crippen LogP) is 4.06. The number of aromatic nitrogens is 3. The van der Waals surface area contributed by atoms with Gasteiger partial charge in [-0.3, -0.25) is 4.79 Å². The number of hydrogen-bond acceptors (Lipinski definition) is 5. The normalized spacial score (nSPS) is 10.9. The van der Waals surface area contributed by atoms with Crippen LogP contribution in [0.3, 0.4) is 0 Å². The van der Waals surface area contributed by atoms with Gasteiger partial charge in [-0.05, 0) is 44.0 Å². The Hall–Kier alpha value is -3.52. The summed E-state index contributed by atoms with van der Waals surface area (Å²) >= 11 is 1.34. The molecule has 0 fully saturated rings. The smallest absolute Gasteiger partial charge is 0.319 e. The second kappa shape index (κ2) is 8.08. The number of benzene rings is 2. The summed E-state index contributed by atoms with van der Waals surface area (Å²) in [6, 6.07) is 14.8. The highest BCUT2D eigenvalue weighted by Gasteiger charge is 2.11. The van der Waals surface area contributed by atoms with Crippen LogP contribution in [0.1, 0.15) is 22.4 Å². The Bertz CT molecular complexity index is 1270.